The van der Waals surface area contributed by atoms with Gasteiger partial charge in [-0.2, -0.15) is 0 Å². The van der Waals surface area contributed by atoms with Crippen LogP contribution in [0.1, 0.15) is 13.8 Å². The van der Waals surface area contributed by atoms with Gasteiger partial charge in [-0.3, -0.25) is 9.59 Å². The fourth-order valence-electron chi connectivity index (χ4n) is 1.77. The van der Waals surface area contributed by atoms with E-state index in [1.54, 1.807) is 30.3 Å². The number of benzene rings is 2. The molecule has 2 aromatic carbocycles. The lowest BCUT2D eigenvalue weighted by atomic mass is 10.3. The minimum atomic E-state index is -0.481. The Kier molecular flexibility index (Phi) is 5.03. The van der Waals surface area contributed by atoms with E-state index in [0.717, 1.165) is 0 Å². The van der Waals surface area contributed by atoms with Gasteiger partial charge < -0.3 is 14.7 Å². The molecule has 0 spiro atoms. The van der Waals surface area contributed by atoms with Crippen molar-refractivity contribution < 1.29 is 23.9 Å². The Morgan fingerprint density at radius 2 is 1.52 bits per heavy atom. The summed E-state index contributed by atoms with van der Waals surface area (Å²) < 4.78 is 9.84. The number of azo groups is 1. The van der Waals surface area contributed by atoms with Gasteiger partial charge in [0.2, 0.25) is 5.69 Å². The highest BCUT2D eigenvalue weighted by Crippen LogP contribution is 2.24. The van der Waals surface area contributed by atoms with Crippen LogP contribution >= 0.6 is 0 Å². The van der Waals surface area contributed by atoms with Gasteiger partial charge in [-0.1, -0.05) is 12.1 Å². The summed E-state index contributed by atoms with van der Waals surface area (Å²) in [6, 6.07) is 12.3. The second kappa shape index (κ2) is 7.17. The van der Waals surface area contributed by atoms with Crippen molar-refractivity contribution in [2.75, 3.05) is 0 Å². The van der Waals surface area contributed by atoms with Crippen molar-refractivity contribution in [2.45, 2.75) is 13.8 Å². The molecule has 0 saturated carbocycles. The first-order valence-corrected chi connectivity index (χ1v) is 6.70. The van der Waals surface area contributed by atoms with Crippen LogP contribution in [0, 0.1) is 5.21 Å². The van der Waals surface area contributed by atoms with Crippen LogP contribution in [-0.4, -0.2) is 16.8 Å². The number of hydrogen-bond donors (Lipinski definition) is 0. The number of ether oxygens (including phenoxy) is 2. The predicted molar refractivity (Wildman–Crippen MR) is 80.9 cm³/mol. The summed E-state index contributed by atoms with van der Waals surface area (Å²) in [5, 5.41) is 16.0. The maximum atomic E-state index is 12.1. The number of rotatable bonds is 4. The van der Waals surface area contributed by atoms with E-state index in [0.29, 0.717) is 16.3 Å². The molecular weight excluding hydrogens is 300 g/mol. The van der Waals surface area contributed by atoms with Crippen molar-refractivity contribution in [3.63, 3.8) is 0 Å². The molecule has 0 aliphatic carbocycles. The van der Waals surface area contributed by atoms with Crippen LogP contribution in [0.25, 0.3) is 0 Å². The third kappa shape index (κ3) is 4.92. The summed E-state index contributed by atoms with van der Waals surface area (Å²) in [5.74, 6) is -0.402. The van der Waals surface area contributed by atoms with Gasteiger partial charge in [0.15, 0.2) is 0 Å². The molecule has 0 radical (unpaired) electrons. The van der Waals surface area contributed by atoms with Gasteiger partial charge in [0.05, 0.1) is 6.07 Å². The van der Waals surface area contributed by atoms with Gasteiger partial charge in [0.1, 0.15) is 17.2 Å². The Morgan fingerprint density at radius 1 is 0.957 bits per heavy atom. The second-order valence-electron chi connectivity index (χ2n) is 4.55. The lowest BCUT2D eigenvalue weighted by molar-refractivity contribution is -0.435. The van der Waals surface area contributed by atoms with Crippen molar-refractivity contribution in [2.24, 2.45) is 5.11 Å². The second-order valence-corrected chi connectivity index (χ2v) is 4.55. The Balaban J connectivity index is 2.25. The molecule has 0 amide bonds. The zero-order valence-electron chi connectivity index (χ0n) is 12.6. The number of carbonyl (C=O) groups excluding carboxylic acids is 2. The fraction of sp³-hybridized carbons (Fsp3) is 0.125. The van der Waals surface area contributed by atoms with E-state index in [1.165, 1.54) is 32.0 Å². The van der Waals surface area contributed by atoms with Gasteiger partial charge in [0.25, 0.3) is 0 Å². The van der Waals surface area contributed by atoms with E-state index in [-0.39, 0.29) is 11.4 Å². The van der Waals surface area contributed by atoms with Gasteiger partial charge >= 0.3 is 11.9 Å². The van der Waals surface area contributed by atoms with Crippen molar-refractivity contribution in [3.8, 4) is 11.5 Å². The molecule has 0 saturated heterocycles. The molecule has 0 bridgehead atoms. The zero-order chi connectivity index (χ0) is 16.8. The maximum Gasteiger partial charge on any atom is 0.308 e. The third-order valence-corrected chi connectivity index (χ3v) is 2.59. The highest BCUT2D eigenvalue weighted by Gasteiger charge is 2.08. The molecule has 0 aromatic heterocycles. The Labute approximate surface area is 132 Å². The summed E-state index contributed by atoms with van der Waals surface area (Å²) in [6.07, 6.45) is 0. The van der Waals surface area contributed by atoms with Gasteiger partial charge in [-0.25, -0.2) is 0 Å². The van der Waals surface area contributed by atoms with Crippen LogP contribution < -0.4 is 9.47 Å². The molecule has 0 aliphatic heterocycles. The SMILES string of the molecule is CC(=O)Oc1cccc(N=[N+]([O-])c2cccc(OC(C)=O)c2)c1. The number of carbonyl (C=O) groups is 2. The minimum Gasteiger partial charge on any atom is -0.594 e. The number of esters is 2. The molecular formula is C16H14N2O5. The molecule has 7 nitrogen and oxygen atoms in total. The standard InChI is InChI=1S/C16H14N2O5/c1-11(19)22-15-7-3-5-13(9-15)17-18(21)14-6-4-8-16(10-14)23-12(2)20/h3-10H,1-2H3. The van der Waals surface area contributed by atoms with E-state index in [4.69, 9.17) is 9.47 Å². The van der Waals surface area contributed by atoms with Crippen molar-refractivity contribution in [1.82, 2.24) is 0 Å². The summed E-state index contributed by atoms with van der Waals surface area (Å²) >= 11 is 0. The van der Waals surface area contributed by atoms with E-state index in [1.807, 2.05) is 0 Å². The lowest BCUT2D eigenvalue weighted by Gasteiger charge is -2.04. The van der Waals surface area contributed by atoms with Crippen LogP contribution in [0.15, 0.2) is 53.6 Å². The van der Waals surface area contributed by atoms with Crippen molar-refractivity contribution >= 4 is 23.3 Å². The van der Waals surface area contributed by atoms with Gasteiger partial charge in [-0.15, -0.1) is 0 Å². The van der Waals surface area contributed by atoms with Crippen LogP contribution in [-0.2, 0) is 9.59 Å². The topological polar surface area (TPSA) is 91.0 Å². The molecule has 0 atom stereocenters. The quantitative estimate of drug-likeness (QED) is 0.283. The van der Waals surface area contributed by atoms with Crippen molar-refractivity contribution in [3.05, 3.63) is 53.7 Å². The van der Waals surface area contributed by atoms with E-state index in [2.05, 4.69) is 5.11 Å². The Hall–Kier alpha value is -3.22. The van der Waals surface area contributed by atoms with E-state index < -0.39 is 11.9 Å². The van der Waals surface area contributed by atoms with Crippen molar-refractivity contribution in [1.29, 1.82) is 0 Å². The number of hydrogen-bond acceptors (Lipinski definition) is 6. The maximum absolute atomic E-state index is 12.1. The highest BCUT2D eigenvalue weighted by atomic mass is 16.5. The Bertz CT molecular complexity index is 771. The third-order valence-electron chi connectivity index (χ3n) is 2.59. The first-order chi connectivity index (χ1) is 10.9. The summed E-state index contributed by atoms with van der Waals surface area (Å²) in [7, 11) is 0. The van der Waals surface area contributed by atoms with Crippen LogP contribution in [0.5, 0.6) is 11.5 Å². The summed E-state index contributed by atoms with van der Waals surface area (Å²) in [6.45, 7) is 2.55. The lowest BCUT2D eigenvalue weighted by Crippen LogP contribution is -2.01. The highest BCUT2D eigenvalue weighted by molar-refractivity contribution is 5.70. The molecule has 23 heavy (non-hydrogen) atoms. The van der Waals surface area contributed by atoms with Crippen LogP contribution in [0.2, 0.25) is 0 Å². The molecule has 0 aliphatic rings. The van der Waals surface area contributed by atoms with Crippen LogP contribution in [0.4, 0.5) is 11.4 Å². The summed E-state index contributed by atoms with van der Waals surface area (Å²) in [5.41, 5.74) is 0.512. The predicted octanol–water partition coefficient (Wildman–Crippen LogP) is 3.46. The summed E-state index contributed by atoms with van der Waals surface area (Å²) in [4.78, 5) is 22.2. The van der Waals surface area contributed by atoms with Gasteiger partial charge in [-0.05, 0) is 23.1 Å². The molecule has 0 fully saturated rings. The molecule has 2 rings (SSSR count). The zero-order valence-corrected chi connectivity index (χ0v) is 12.6. The monoisotopic (exact) mass is 314 g/mol. The Morgan fingerprint density at radius 3 is 2.13 bits per heavy atom. The fourth-order valence-corrected chi connectivity index (χ4v) is 1.77. The minimum absolute atomic E-state index is 0.196. The smallest absolute Gasteiger partial charge is 0.308 e. The van der Waals surface area contributed by atoms with Gasteiger partial charge in [0, 0.05) is 31.1 Å². The van der Waals surface area contributed by atoms with E-state index in [9.17, 15) is 14.8 Å². The molecule has 0 heterocycles. The van der Waals surface area contributed by atoms with E-state index >= 15 is 0 Å². The normalized spacial score (nSPS) is 11.0. The van der Waals surface area contributed by atoms with Crippen LogP contribution in [0.3, 0.4) is 0 Å². The first kappa shape index (κ1) is 16.2. The molecule has 7 heteroatoms. The molecule has 2 aromatic rings. The average molecular weight is 314 g/mol. The average Bonchev–Trinajstić information content (AvgIpc) is 2.46. The largest absolute Gasteiger partial charge is 0.594 e. The molecule has 0 unspecified atom stereocenters. The molecule has 0 N–H and O–H groups in total. The number of nitrogens with zero attached hydrogens (tertiary/aromatic N) is 2. The molecule has 118 valence electrons. The first-order valence-electron chi connectivity index (χ1n) is 6.70.